The summed E-state index contributed by atoms with van der Waals surface area (Å²) in [4.78, 5) is 22.1. The Labute approximate surface area is 169 Å². The lowest BCUT2D eigenvalue weighted by Gasteiger charge is -2.11. The first kappa shape index (κ1) is 18.8. The molecule has 4 rings (SSSR count). The highest BCUT2D eigenvalue weighted by atomic mass is 35.5. The van der Waals surface area contributed by atoms with Gasteiger partial charge in [0.2, 0.25) is 5.89 Å². The van der Waals surface area contributed by atoms with Crippen molar-refractivity contribution in [3.8, 4) is 0 Å². The Bertz CT molecular complexity index is 1150. The van der Waals surface area contributed by atoms with Gasteiger partial charge in [-0.3, -0.25) is 9.36 Å². The van der Waals surface area contributed by atoms with E-state index in [4.69, 9.17) is 20.5 Å². The number of nitrogens with zero attached hydrogens (tertiary/aromatic N) is 4. The van der Waals surface area contributed by atoms with Crippen LogP contribution in [-0.4, -0.2) is 19.7 Å². The van der Waals surface area contributed by atoms with E-state index < -0.39 is 0 Å². The number of aromatic nitrogens is 4. The Kier molecular flexibility index (Phi) is 5.50. The van der Waals surface area contributed by atoms with Crippen molar-refractivity contribution in [2.24, 2.45) is 0 Å². The first-order valence-electron chi connectivity index (χ1n) is 8.81. The van der Waals surface area contributed by atoms with E-state index in [-0.39, 0.29) is 12.1 Å². The quantitative estimate of drug-likeness (QED) is 0.327. The van der Waals surface area contributed by atoms with Crippen molar-refractivity contribution in [3.63, 3.8) is 0 Å². The van der Waals surface area contributed by atoms with Crippen LogP contribution in [0.5, 0.6) is 0 Å². The average molecular weight is 417 g/mol. The number of rotatable bonds is 7. The molecule has 0 spiro atoms. The van der Waals surface area contributed by atoms with Crippen LogP contribution < -0.4 is 5.56 Å². The summed E-state index contributed by atoms with van der Waals surface area (Å²) in [5.74, 6) is 2.26. The summed E-state index contributed by atoms with van der Waals surface area (Å²) in [7, 11) is 0. The zero-order valence-electron chi connectivity index (χ0n) is 15.1. The minimum absolute atomic E-state index is 0.155. The summed E-state index contributed by atoms with van der Waals surface area (Å²) < 4.78 is 12.3. The molecule has 0 atom stereocenters. The van der Waals surface area contributed by atoms with Crippen LogP contribution in [0, 0.1) is 0 Å². The lowest BCUT2D eigenvalue weighted by atomic mass is 10.2. The number of fused-ring (bicyclic) bond motifs is 1. The number of hydrogen-bond acceptors (Lipinski definition) is 7. The van der Waals surface area contributed by atoms with Crippen molar-refractivity contribution in [2.45, 2.75) is 37.2 Å². The number of aryl methyl sites for hydroxylation is 1. The van der Waals surface area contributed by atoms with Gasteiger partial charge in [0.05, 0.1) is 29.5 Å². The van der Waals surface area contributed by atoms with Gasteiger partial charge in [0.1, 0.15) is 5.76 Å². The molecule has 0 amide bonds. The molecule has 3 heterocycles. The van der Waals surface area contributed by atoms with Crippen molar-refractivity contribution >= 4 is 34.3 Å². The van der Waals surface area contributed by atoms with Crippen LogP contribution >= 0.6 is 23.4 Å². The Morgan fingerprint density at radius 3 is 2.93 bits per heavy atom. The van der Waals surface area contributed by atoms with Crippen molar-refractivity contribution < 1.29 is 8.94 Å². The van der Waals surface area contributed by atoms with Crippen LogP contribution in [0.15, 0.2) is 55.5 Å². The molecular weight excluding hydrogens is 400 g/mol. The highest BCUT2D eigenvalue weighted by molar-refractivity contribution is 7.98. The van der Waals surface area contributed by atoms with Crippen LogP contribution in [0.2, 0.25) is 5.02 Å². The Morgan fingerprint density at radius 1 is 1.25 bits per heavy atom. The SMILES string of the molecule is CCCc1noc(CSc2nc3cc(Cl)ccc3c(=O)n2Cc2ccco2)n1. The fourth-order valence-corrected chi connectivity index (χ4v) is 3.78. The Hall–Kier alpha value is -2.58. The molecule has 1 aromatic carbocycles. The molecule has 0 fully saturated rings. The molecule has 0 saturated carbocycles. The number of benzene rings is 1. The van der Waals surface area contributed by atoms with E-state index in [9.17, 15) is 4.79 Å². The lowest BCUT2D eigenvalue weighted by Crippen LogP contribution is -2.23. The number of furan rings is 1. The van der Waals surface area contributed by atoms with Crippen LogP contribution in [0.25, 0.3) is 10.9 Å². The maximum Gasteiger partial charge on any atom is 0.262 e. The van der Waals surface area contributed by atoms with E-state index >= 15 is 0 Å². The zero-order chi connectivity index (χ0) is 19.5. The van der Waals surface area contributed by atoms with Crippen molar-refractivity contribution in [1.82, 2.24) is 19.7 Å². The van der Waals surface area contributed by atoms with E-state index in [1.54, 1.807) is 35.1 Å². The number of thioether (sulfide) groups is 1. The second kappa shape index (κ2) is 8.20. The van der Waals surface area contributed by atoms with E-state index in [1.807, 2.05) is 6.07 Å². The smallest absolute Gasteiger partial charge is 0.262 e. The Morgan fingerprint density at radius 2 is 2.14 bits per heavy atom. The highest BCUT2D eigenvalue weighted by Gasteiger charge is 2.15. The van der Waals surface area contributed by atoms with Gasteiger partial charge in [0.15, 0.2) is 11.0 Å². The van der Waals surface area contributed by atoms with Gasteiger partial charge in [-0.15, -0.1) is 0 Å². The summed E-state index contributed by atoms with van der Waals surface area (Å²) in [6, 6.07) is 8.67. The maximum absolute atomic E-state index is 13.1. The molecule has 4 aromatic rings. The molecule has 28 heavy (non-hydrogen) atoms. The molecule has 7 nitrogen and oxygen atoms in total. The summed E-state index contributed by atoms with van der Waals surface area (Å²) in [5.41, 5.74) is 0.394. The predicted octanol–water partition coefficient (Wildman–Crippen LogP) is 4.32. The predicted molar refractivity (Wildman–Crippen MR) is 107 cm³/mol. The maximum atomic E-state index is 13.1. The molecule has 0 N–H and O–H groups in total. The third kappa shape index (κ3) is 3.98. The largest absolute Gasteiger partial charge is 0.467 e. The standard InChI is InChI=1S/C19H17ClN4O3S/c1-2-4-16-22-17(27-23-16)11-28-19-21-15-9-12(20)6-7-14(15)18(25)24(19)10-13-5-3-8-26-13/h3,5-9H,2,4,10-11H2,1H3. The monoisotopic (exact) mass is 416 g/mol. The van der Waals surface area contributed by atoms with E-state index in [2.05, 4.69) is 22.0 Å². The summed E-state index contributed by atoms with van der Waals surface area (Å²) in [5, 5.41) is 5.52. The molecule has 0 unspecified atom stereocenters. The van der Waals surface area contributed by atoms with Gasteiger partial charge in [0, 0.05) is 11.4 Å². The second-order valence-corrected chi connectivity index (χ2v) is 7.55. The van der Waals surface area contributed by atoms with E-state index in [1.165, 1.54) is 11.8 Å². The molecule has 0 radical (unpaired) electrons. The summed E-state index contributed by atoms with van der Waals surface area (Å²) in [6.07, 6.45) is 3.29. The van der Waals surface area contributed by atoms with Gasteiger partial charge >= 0.3 is 0 Å². The van der Waals surface area contributed by atoms with Crippen LogP contribution in [-0.2, 0) is 18.7 Å². The van der Waals surface area contributed by atoms with Crippen LogP contribution in [0.4, 0.5) is 0 Å². The fraction of sp³-hybridized carbons (Fsp3) is 0.263. The fourth-order valence-electron chi connectivity index (χ4n) is 2.78. The van der Waals surface area contributed by atoms with Gasteiger partial charge < -0.3 is 8.94 Å². The molecule has 144 valence electrons. The topological polar surface area (TPSA) is 87.0 Å². The third-order valence-corrected chi connectivity index (χ3v) is 5.28. The summed E-state index contributed by atoms with van der Waals surface area (Å²) >= 11 is 7.44. The van der Waals surface area contributed by atoms with Gasteiger partial charge in [0.25, 0.3) is 5.56 Å². The molecule has 0 aliphatic carbocycles. The summed E-state index contributed by atoms with van der Waals surface area (Å²) in [6.45, 7) is 2.34. The molecule has 0 saturated heterocycles. The number of halogens is 1. The molecule has 9 heteroatoms. The lowest BCUT2D eigenvalue weighted by molar-refractivity contribution is 0.384. The molecule has 3 aromatic heterocycles. The second-order valence-electron chi connectivity index (χ2n) is 6.17. The molecular formula is C19H17ClN4O3S. The first-order chi connectivity index (χ1) is 13.6. The van der Waals surface area contributed by atoms with Crippen molar-refractivity contribution in [2.75, 3.05) is 0 Å². The first-order valence-corrected chi connectivity index (χ1v) is 10.2. The van der Waals surface area contributed by atoms with Gasteiger partial charge in [-0.1, -0.05) is 35.4 Å². The van der Waals surface area contributed by atoms with Gasteiger partial charge in [-0.2, -0.15) is 4.98 Å². The zero-order valence-corrected chi connectivity index (χ0v) is 16.7. The van der Waals surface area contributed by atoms with Crippen molar-refractivity contribution in [1.29, 1.82) is 0 Å². The molecule has 0 aliphatic rings. The molecule has 0 bridgehead atoms. The highest BCUT2D eigenvalue weighted by Crippen LogP contribution is 2.24. The minimum atomic E-state index is -0.155. The van der Waals surface area contributed by atoms with Gasteiger partial charge in [-0.05, 0) is 36.8 Å². The van der Waals surface area contributed by atoms with Gasteiger partial charge in [-0.25, -0.2) is 4.98 Å². The average Bonchev–Trinajstić information content (AvgIpc) is 3.35. The van der Waals surface area contributed by atoms with E-state index in [0.717, 1.165) is 12.8 Å². The van der Waals surface area contributed by atoms with Crippen molar-refractivity contribution in [3.05, 3.63) is 69.4 Å². The Balaban J connectivity index is 1.70. The third-order valence-electron chi connectivity index (χ3n) is 4.08. The minimum Gasteiger partial charge on any atom is -0.467 e. The van der Waals surface area contributed by atoms with Crippen LogP contribution in [0.1, 0.15) is 30.8 Å². The number of hydrogen-bond donors (Lipinski definition) is 0. The van der Waals surface area contributed by atoms with E-state index in [0.29, 0.717) is 44.3 Å². The normalized spacial score (nSPS) is 11.4. The van der Waals surface area contributed by atoms with Crippen LogP contribution in [0.3, 0.4) is 0 Å². The molecule has 0 aliphatic heterocycles.